The molecular weight excluding hydrogens is 385 g/mol. The predicted molar refractivity (Wildman–Crippen MR) is 97.1 cm³/mol. The smallest absolute Gasteiger partial charge is 0.274 e. The second kappa shape index (κ2) is 6.26. The topological polar surface area (TPSA) is 37.6 Å². The average Bonchev–Trinajstić information content (AvgIpc) is 3.03. The molecule has 0 fully saturated rings. The fourth-order valence-corrected chi connectivity index (χ4v) is 3.93. The SMILES string of the molecule is CCC1c2c(F)cccc2CCN1C(=O)c1cc2ccc(Br)cn2n1. The van der Waals surface area contributed by atoms with Crippen molar-refractivity contribution >= 4 is 27.4 Å². The van der Waals surface area contributed by atoms with Crippen LogP contribution in [0.3, 0.4) is 0 Å². The monoisotopic (exact) mass is 401 g/mol. The lowest BCUT2D eigenvalue weighted by atomic mass is 9.90. The van der Waals surface area contributed by atoms with Gasteiger partial charge in [-0.3, -0.25) is 4.79 Å². The minimum Gasteiger partial charge on any atom is -0.330 e. The molecule has 128 valence electrons. The molecule has 2 aromatic heterocycles. The van der Waals surface area contributed by atoms with Gasteiger partial charge in [-0.15, -0.1) is 0 Å². The first kappa shape index (κ1) is 16.3. The molecule has 1 unspecified atom stereocenters. The summed E-state index contributed by atoms with van der Waals surface area (Å²) in [5.74, 6) is -0.388. The van der Waals surface area contributed by atoms with Gasteiger partial charge in [0.1, 0.15) is 5.82 Å². The van der Waals surface area contributed by atoms with Crippen LogP contribution in [0.2, 0.25) is 0 Å². The molecule has 0 N–H and O–H groups in total. The fourth-order valence-electron chi connectivity index (χ4n) is 3.61. The maximum Gasteiger partial charge on any atom is 0.274 e. The third-order valence-electron chi connectivity index (χ3n) is 4.76. The van der Waals surface area contributed by atoms with Gasteiger partial charge in [0, 0.05) is 22.8 Å². The number of carbonyl (C=O) groups is 1. The van der Waals surface area contributed by atoms with Crippen molar-refractivity contribution in [3.05, 3.63) is 69.7 Å². The molecule has 1 aliphatic heterocycles. The van der Waals surface area contributed by atoms with Crippen molar-refractivity contribution in [2.75, 3.05) is 6.54 Å². The number of aromatic nitrogens is 2. The highest BCUT2D eigenvalue weighted by molar-refractivity contribution is 9.10. The van der Waals surface area contributed by atoms with Crippen molar-refractivity contribution in [2.24, 2.45) is 0 Å². The maximum absolute atomic E-state index is 14.4. The van der Waals surface area contributed by atoms with Crippen LogP contribution in [0.4, 0.5) is 4.39 Å². The van der Waals surface area contributed by atoms with E-state index in [1.165, 1.54) is 6.07 Å². The van der Waals surface area contributed by atoms with E-state index in [-0.39, 0.29) is 17.8 Å². The summed E-state index contributed by atoms with van der Waals surface area (Å²) < 4.78 is 17.0. The Bertz CT molecular complexity index is 968. The molecule has 3 heterocycles. The van der Waals surface area contributed by atoms with Crippen molar-refractivity contribution < 1.29 is 9.18 Å². The Morgan fingerprint density at radius 1 is 1.36 bits per heavy atom. The maximum atomic E-state index is 14.4. The van der Waals surface area contributed by atoms with Crippen LogP contribution in [0.1, 0.15) is 41.0 Å². The number of carbonyl (C=O) groups excluding carboxylic acids is 1. The van der Waals surface area contributed by atoms with Crippen molar-refractivity contribution in [2.45, 2.75) is 25.8 Å². The molecule has 0 saturated carbocycles. The molecule has 4 rings (SSSR count). The number of amides is 1. The van der Waals surface area contributed by atoms with Crippen molar-refractivity contribution in [1.82, 2.24) is 14.5 Å². The van der Waals surface area contributed by atoms with E-state index < -0.39 is 0 Å². The summed E-state index contributed by atoms with van der Waals surface area (Å²) in [7, 11) is 0. The molecule has 25 heavy (non-hydrogen) atoms. The van der Waals surface area contributed by atoms with Crippen LogP contribution < -0.4 is 0 Å². The van der Waals surface area contributed by atoms with Gasteiger partial charge in [0.05, 0.1) is 11.6 Å². The summed E-state index contributed by atoms with van der Waals surface area (Å²) in [6.07, 6.45) is 3.14. The first-order valence-corrected chi connectivity index (χ1v) is 9.11. The molecule has 4 nitrogen and oxygen atoms in total. The van der Waals surface area contributed by atoms with E-state index in [1.807, 2.05) is 31.3 Å². The lowest BCUT2D eigenvalue weighted by Crippen LogP contribution is -2.40. The normalized spacial score (nSPS) is 16.9. The number of nitrogens with zero attached hydrogens (tertiary/aromatic N) is 3. The molecule has 1 aromatic carbocycles. The number of benzene rings is 1. The summed E-state index contributed by atoms with van der Waals surface area (Å²) in [6.45, 7) is 2.55. The lowest BCUT2D eigenvalue weighted by molar-refractivity contribution is 0.0645. The lowest BCUT2D eigenvalue weighted by Gasteiger charge is -2.36. The molecule has 1 atom stereocenters. The van der Waals surface area contributed by atoms with Crippen LogP contribution in [-0.2, 0) is 6.42 Å². The molecular formula is C19H17BrFN3O. The average molecular weight is 402 g/mol. The molecule has 0 saturated heterocycles. The van der Waals surface area contributed by atoms with Gasteiger partial charge in [-0.05, 0) is 58.6 Å². The van der Waals surface area contributed by atoms with Crippen LogP contribution in [0.5, 0.6) is 0 Å². The third-order valence-corrected chi connectivity index (χ3v) is 5.23. The second-order valence-corrected chi connectivity index (χ2v) is 7.15. The van der Waals surface area contributed by atoms with Gasteiger partial charge < -0.3 is 4.90 Å². The molecule has 0 bridgehead atoms. The van der Waals surface area contributed by atoms with Crippen molar-refractivity contribution in [3.8, 4) is 0 Å². The molecule has 1 aliphatic rings. The van der Waals surface area contributed by atoms with E-state index in [1.54, 1.807) is 21.5 Å². The number of rotatable bonds is 2. The minimum atomic E-state index is -0.256. The highest BCUT2D eigenvalue weighted by Gasteiger charge is 2.33. The molecule has 1 amide bonds. The Morgan fingerprint density at radius 2 is 2.20 bits per heavy atom. The summed E-state index contributed by atoms with van der Waals surface area (Å²) in [6, 6.07) is 10.5. The van der Waals surface area contributed by atoms with Crippen LogP contribution in [0.25, 0.3) is 5.52 Å². The number of pyridine rings is 1. The highest BCUT2D eigenvalue weighted by Crippen LogP contribution is 2.34. The first-order chi connectivity index (χ1) is 12.1. The van der Waals surface area contributed by atoms with Crippen molar-refractivity contribution in [3.63, 3.8) is 0 Å². The van der Waals surface area contributed by atoms with Gasteiger partial charge in [-0.2, -0.15) is 5.10 Å². The Morgan fingerprint density at radius 3 is 3.00 bits per heavy atom. The van der Waals surface area contributed by atoms with Gasteiger partial charge in [-0.25, -0.2) is 8.91 Å². The van der Waals surface area contributed by atoms with E-state index >= 15 is 0 Å². The molecule has 0 aliphatic carbocycles. The van der Waals surface area contributed by atoms with E-state index in [0.717, 1.165) is 15.6 Å². The number of halogens is 2. The Balaban J connectivity index is 1.72. The zero-order valence-corrected chi connectivity index (χ0v) is 15.3. The first-order valence-electron chi connectivity index (χ1n) is 8.31. The van der Waals surface area contributed by atoms with Crippen molar-refractivity contribution in [1.29, 1.82) is 0 Å². The van der Waals surface area contributed by atoms with E-state index in [0.29, 0.717) is 30.6 Å². The molecule has 0 spiro atoms. The van der Waals surface area contributed by atoms with Gasteiger partial charge in [0.25, 0.3) is 5.91 Å². The Hall–Kier alpha value is -2.21. The van der Waals surface area contributed by atoms with Crippen LogP contribution in [-0.4, -0.2) is 27.0 Å². The van der Waals surface area contributed by atoms with E-state index in [9.17, 15) is 9.18 Å². The molecule has 6 heteroatoms. The Labute approximate surface area is 153 Å². The summed E-state index contributed by atoms with van der Waals surface area (Å²) in [5.41, 5.74) is 2.88. The number of hydrogen-bond acceptors (Lipinski definition) is 2. The fraction of sp³-hybridized carbons (Fsp3) is 0.263. The predicted octanol–water partition coefficient (Wildman–Crippen LogP) is 4.39. The van der Waals surface area contributed by atoms with E-state index in [2.05, 4.69) is 21.0 Å². The van der Waals surface area contributed by atoms with Gasteiger partial charge in [0.15, 0.2) is 5.69 Å². The third kappa shape index (κ3) is 2.74. The van der Waals surface area contributed by atoms with Crippen LogP contribution in [0.15, 0.2) is 47.1 Å². The minimum absolute atomic E-state index is 0.152. The number of fused-ring (bicyclic) bond motifs is 2. The quantitative estimate of drug-likeness (QED) is 0.638. The van der Waals surface area contributed by atoms with Gasteiger partial charge in [-0.1, -0.05) is 19.1 Å². The largest absolute Gasteiger partial charge is 0.330 e. The summed E-state index contributed by atoms with van der Waals surface area (Å²) >= 11 is 3.40. The summed E-state index contributed by atoms with van der Waals surface area (Å²) in [4.78, 5) is 14.8. The number of hydrogen-bond donors (Lipinski definition) is 0. The summed E-state index contributed by atoms with van der Waals surface area (Å²) in [5, 5.41) is 4.40. The van der Waals surface area contributed by atoms with E-state index in [4.69, 9.17) is 0 Å². The van der Waals surface area contributed by atoms with Gasteiger partial charge >= 0.3 is 0 Å². The zero-order chi connectivity index (χ0) is 17.6. The highest BCUT2D eigenvalue weighted by atomic mass is 79.9. The second-order valence-electron chi connectivity index (χ2n) is 6.23. The van der Waals surface area contributed by atoms with Crippen LogP contribution >= 0.6 is 15.9 Å². The molecule has 3 aromatic rings. The van der Waals surface area contributed by atoms with Gasteiger partial charge in [0.2, 0.25) is 0 Å². The van der Waals surface area contributed by atoms with Crippen LogP contribution in [0, 0.1) is 5.82 Å². The standard InChI is InChI=1S/C19H17BrFN3O/c1-2-17-18-12(4-3-5-15(18)21)8-9-23(17)19(25)16-10-14-7-6-13(20)11-24(14)22-16/h3-7,10-11,17H,2,8-9H2,1H3. The zero-order valence-electron chi connectivity index (χ0n) is 13.7. The Kier molecular flexibility index (Phi) is 4.07. The molecule has 0 radical (unpaired) electrons.